The lowest BCUT2D eigenvalue weighted by molar-refractivity contribution is 0.473. The molecule has 0 aliphatic rings. The summed E-state index contributed by atoms with van der Waals surface area (Å²) >= 11 is 9.65. The average molecular weight is 355 g/mol. The molecular weight excluding hydrogens is 338 g/mol. The van der Waals surface area contributed by atoms with Gasteiger partial charge >= 0.3 is 0 Å². The van der Waals surface area contributed by atoms with Crippen molar-refractivity contribution in [3.63, 3.8) is 0 Å². The largest absolute Gasteiger partial charge is 0.456 e. The van der Waals surface area contributed by atoms with E-state index in [-0.39, 0.29) is 6.04 Å². The monoisotopic (exact) mass is 353 g/mol. The molecule has 2 aromatic rings. The highest BCUT2D eigenvalue weighted by Crippen LogP contribution is 2.33. The highest BCUT2D eigenvalue weighted by Gasteiger charge is 2.10. The van der Waals surface area contributed by atoms with Gasteiger partial charge in [-0.05, 0) is 61.7 Å². The Hall–Kier alpha value is -1.03. The van der Waals surface area contributed by atoms with E-state index in [0.29, 0.717) is 10.8 Å². The maximum Gasteiger partial charge on any atom is 0.146 e. The summed E-state index contributed by atoms with van der Waals surface area (Å²) in [7, 11) is 0. The van der Waals surface area contributed by atoms with Gasteiger partial charge in [0.2, 0.25) is 0 Å². The topological polar surface area (TPSA) is 35.2 Å². The zero-order chi connectivity index (χ0) is 14.7. The zero-order valence-corrected chi connectivity index (χ0v) is 13.8. The highest BCUT2D eigenvalue weighted by atomic mass is 79.9. The number of aryl methyl sites for hydroxylation is 1. The summed E-state index contributed by atoms with van der Waals surface area (Å²) in [5.41, 5.74) is 8.06. The van der Waals surface area contributed by atoms with E-state index in [4.69, 9.17) is 22.1 Å². The molecule has 0 bridgehead atoms. The summed E-state index contributed by atoms with van der Waals surface area (Å²) in [5.74, 6) is 1.46. The normalized spacial score (nSPS) is 12.2. The van der Waals surface area contributed by atoms with Gasteiger partial charge in [0.25, 0.3) is 0 Å². The van der Waals surface area contributed by atoms with Crippen LogP contribution >= 0.6 is 27.5 Å². The third-order valence-electron chi connectivity index (χ3n) is 2.87. The molecule has 0 fully saturated rings. The van der Waals surface area contributed by atoms with Gasteiger partial charge in [0.15, 0.2) is 0 Å². The van der Waals surface area contributed by atoms with Crippen molar-refractivity contribution in [2.45, 2.75) is 26.3 Å². The van der Waals surface area contributed by atoms with Crippen LogP contribution in [-0.4, -0.2) is 6.04 Å². The summed E-state index contributed by atoms with van der Waals surface area (Å²) < 4.78 is 6.98. The van der Waals surface area contributed by atoms with Crippen LogP contribution in [0.2, 0.25) is 5.02 Å². The number of ether oxygens (including phenoxy) is 1. The van der Waals surface area contributed by atoms with Gasteiger partial charge in [0, 0.05) is 10.5 Å². The van der Waals surface area contributed by atoms with Gasteiger partial charge in [-0.2, -0.15) is 0 Å². The average Bonchev–Trinajstić information content (AvgIpc) is 2.36. The molecule has 106 valence electrons. The minimum absolute atomic E-state index is 0.0691. The molecule has 2 rings (SSSR count). The Kier molecular flexibility index (Phi) is 5.08. The number of hydrogen-bond donors (Lipinski definition) is 1. The van der Waals surface area contributed by atoms with Crippen molar-refractivity contribution in [3.8, 4) is 11.5 Å². The molecule has 0 aromatic heterocycles. The van der Waals surface area contributed by atoms with E-state index in [1.54, 1.807) is 0 Å². The zero-order valence-electron chi connectivity index (χ0n) is 11.5. The Morgan fingerprint density at radius 2 is 1.95 bits per heavy atom. The number of nitrogens with two attached hydrogens (primary N) is 1. The van der Waals surface area contributed by atoms with Crippen molar-refractivity contribution in [3.05, 3.63) is 57.0 Å². The number of benzene rings is 2. The minimum atomic E-state index is 0.0691. The molecule has 0 aliphatic heterocycles. The van der Waals surface area contributed by atoms with Crippen LogP contribution in [0, 0.1) is 6.92 Å². The first kappa shape index (κ1) is 15.4. The first-order chi connectivity index (χ1) is 9.45. The van der Waals surface area contributed by atoms with Crippen LogP contribution in [-0.2, 0) is 6.42 Å². The van der Waals surface area contributed by atoms with Gasteiger partial charge in [-0.1, -0.05) is 33.6 Å². The Morgan fingerprint density at radius 3 is 2.65 bits per heavy atom. The van der Waals surface area contributed by atoms with Crippen LogP contribution in [0.4, 0.5) is 0 Å². The third-order valence-corrected chi connectivity index (χ3v) is 3.68. The molecule has 0 heterocycles. The molecule has 2 aromatic carbocycles. The molecule has 2 N–H and O–H groups in total. The van der Waals surface area contributed by atoms with E-state index in [2.05, 4.69) is 15.9 Å². The van der Waals surface area contributed by atoms with Crippen molar-refractivity contribution < 1.29 is 4.74 Å². The Morgan fingerprint density at radius 1 is 1.20 bits per heavy atom. The second kappa shape index (κ2) is 6.61. The minimum Gasteiger partial charge on any atom is -0.456 e. The SMILES string of the molecule is Cc1ccc(Cl)c(Oc2ccc(Br)cc2CC(C)N)c1. The van der Waals surface area contributed by atoms with Crippen molar-refractivity contribution in [2.24, 2.45) is 5.73 Å². The summed E-state index contributed by atoms with van der Waals surface area (Å²) in [6.45, 7) is 3.98. The smallest absolute Gasteiger partial charge is 0.146 e. The molecule has 0 saturated carbocycles. The molecule has 0 spiro atoms. The first-order valence-corrected chi connectivity index (χ1v) is 7.61. The van der Waals surface area contributed by atoms with Crippen molar-refractivity contribution in [1.29, 1.82) is 0 Å². The lowest BCUT2D eigenvalue weighted by atomic mass is 10.1. The molecule has 0 amide bonds. The van der Waals surface area contributed by atoms with Gasteiger partial charge in [-0.25, -0.2) is 0 Å². The summed E-state index contributed by atoms with van der Waals surface area (Å²) in [6.07, 6.45) is 0.748. The lowest BCUT2D eigenvalue weighted by Gasteiger charge is -2.14. The summed E-state index contributed by atoms with van der Waals surface area (Å²) in [4.78, 5) is 0. The second-order valence-electron chi connectivity index (χ2n) is 4.97. The van der Waals surface area contributed by atoms with E-state index in [0.717, 1.165) is 27.8 Å². The van der Waals surface area contributed by atoms with E-state index in [9.17, 15) is 0 Å². The molecule has 2 nitrogen and oxygen atoms in total. The number of rotatable bonds is 4. The Balaban J connectivity index is 2.35. The fourth-order valence-electron chi connectivity index (χ4n) is 1.96. The van der Waals surface area contributed by atoms with Gasteiger partial charge < -0.3 is 10.5 Å². The number of hydrogen-bond acceptors (Lipinski definition) is 2. The van der Waals surface area contributed by atoms with Crippen LogP contribution in [0.15, 0.2) is 40.9 Å². The van der Waals surface area contributed by atoms with Crippen LogP contribution < -0.4 is 10.5 Å². The predicted octanol–water partition coefficient (Wildman–Crippen LogP) is 5.09. The van der Waals surface area contributed by atoms with Gasteiger partial charge in [-0.15, -0.1) is 0 Å². The molecule has 0 aliphatic carbocycles. The maximum atomic E-state index is 6.18. The highest BCUT2D eigenvalue weighted by molar-refractivity contribution is 9.10. The standard InChI is InChI=1S/C16H17BrClNO/c1-10-3-5-14(18)16(7-10)20-15-6-4-13(17)9-12(15)8-11(2)19/h3-7,9,11H,8,19H2,1-2H3. The molecule has 20 heavy (non-hydrogen) atoms. The van der Waals surface area contributed by atoms with Crippen LogP contribution in [0.25, 0.3) is 0 Å². The van der Waals surface area contributed by atoms with Crippen LogP contribution in [0.3, 0.4) is 0 Å². The van der Waals surface area contributed by atoms with Crippen molar-refractivity contribution >= 4 is 27.5 Å². The third kappa shape index (κ3) is 3.98. The van der Waals surface area contributed by atoms with E-state index in [1.807, 2.05) is 50.2 Å². The van der Waals surface area contributed by atoms with Crippen LogP contribution in [0.1, 0.15) is 18.1 Å². The Bertz CT molecular complexity index is 613. The second-order valence-corrected chi connectivity index (χ2v) is 6.29. The van der Waals surface area contributed by atoms with E-state index < -0.39 is 0 Å². The molecule has 1 atom stereocenters. The molecule has 0 radical (unpaired) electrons. The molecule has 1 unspecified atom stereocenters. The molecule has 4 heteroatoms. The van der Waals surface area contributed by atoms with Crippen molar-refractivity contribution in [1.82, 2.24) is 0 Å². The van der Waals surface area contributed by atoms with Crippen LogP contribution in [0.5, 0.6) is 11.5 Å². The van der Waals surface area contributed by atoms with E-state index in [1.165, 1.54) is 0 Å². The van der Waals surface area contributed by atoms with Gasteiger partial charge in [0.1, 0.15) is 11.5 Å². The number of halogens is 2. The molecule has 0 saturated heterocycles. The first-order valence-electron chi connectivity index (χ1n) is 6.43. The summed E-state index contributed by atoms with van der Waals surface area (Å²) in [5, 5.41) is 0.602. The quantitative estimate of drug-likeness (QED) is 0.829. The van der Waals surface area contributed by atoms with Gasteiger partial charge in [-0.3, -0.25) is 0 Å². The Labute approximate surface area is 133 Å². The molecular formula is C16H17BrClNO. The lowest BCUT2D eigenvalue weighted by Crippen LogP contribution is -2.18. The fraction of sp³-hybridized carbons (Fsp3) is 0.250. The van der Waals surface area contributed by atoms with E-state index >= 15 is 0 Å². The fourth-order valence-corrected chi connectivity index (χ4v) is 2.53. The summed E-state index contributed by atoms with van der Waals surface area (Å²) in [6, 6.07) is 11.7. The van der Waals surface area contributed by atoms with Crippen molar-refractivity contribution in [2.75, 3.05) is 0 Å². The maximum absolute atomic E-state index is 6.18. The predicted molar refractivity (Wildman–Crippen MR) is 87.8 cm³/mol. The van der Waals surface area contributed by atoms with Gasteiger partial charge in [0.05, 0.1) is 5.02 Å².